The summed E-state index contributed by atoms with van der Waals surface area (Å²) in [7, 11) is 0. The number of anilines is 1. The number of nitrogens with two attached hydrogens (primary N) is 1. The van der Waals surface area contributed by atoms with Crippen molar-refractivity contribution in [3.8, 4) is 0 Å². The van der Waals surface area contributed by atoms with E-state index in [2.05, 4.69) is 0 Å². The molecule has 1 fully saturated rings. The van der Waals surface area contributed by atoms with Crippen molar-refractivity contribution in [1.29, 1.82) is 0 Å². The van der Waals surface area contributed by atoms with E-state index in [0.717, 1.165) is 36.9 Å². The van der Waals surface area contributed by atoms with Gasteiger partial charge >= 0.3 is 0 Å². The lowest BCUT2D eigenvalue weighted by Crippen LogP contribution is -2.37. The quantitative estimate of drug-likeness (QED) is 0.686. The van der Waals surface area contributed by atoms with Gasteiger partial charge in [-0.1, -0.05) is 19.9 Å². The monoisotopic (exact) mass is 286 g/mol. The first-order chi connectivity index (χ1) is 10.0. The highest BCUT2D eigenvalue weighted by molar-refractivity contribution is 6.06. The first kappa shape index (κ1) is 14.1. The zero-order valence-corrected chi connectivity index (χ0v) is 12.7. The molecule has 112 valence electrons. The van der Waals surface area contributed by atoms with Gasteiger partial charge in [-0.25, -0.2) is 0 Å². The van der Waals surface area contributed by atoms with Crippen LogP contribution in [-0.2, 0) is 16.0 Å². The predicted octanol–water partition coefficient (Wildman–Crippen LogP) is 2.82. The minimum absolute atomic E-state index is 0.0154. The summed E-state index contributed by atoms with van der Waals surface area (Å²) < 4.78 is 0. The largest absolute Gasteiger partial charge is 0.399 e. The number of nitrogen functional groups attached to an aromatic ring is 1. The summed E-state index contributed by atoms with van der Waals surface area (Å²) in [5.74, 6) is 0.00514. The van der Waals surface area contributed by atoms with Gasteiger partial charge in [0.15, 0.2) is 0 Å². The van der Waals surface area contributed by atoms with E-state index in [1.165, 1.54) is 10.5 Å². The second kappa shape index (κ2) is 4.86. The van der Waals surface area contributed by atoms with Gasteiger partial charge in [0.1, 0.15) is 0 Å². The van der Waals surface area contributed by atoms with Gasteiger partial charge in [0, 0.05) is 12.1 Å². The van der Waals surface area contributed by atoms with E-state index >= 15 is 0 Å². The van der Waals surface area contributed by atoms with Crippen LogP contribution < -0.4 is 5.73 Å². The molecular weight excluding hydrogens is 264 g/mol. The molecule has 0 radical (unpaired) electrons. The normalized spacial score (nSPS) is 23.7. The second-order valence-corrected chi connectivity index (χ2v) is 6.25. The summed E-state index contributed by atoms with van der Waals surface area (Å²) in [4.78, 5) is 26.8. The molecule has 2 amide bonds. The summed E-state index contributed by atoms with van der Waals surface area (Å²) in [6.45, 7) is 4.00. The van der Waals surface area contributed by atoms with E-state index in [-0.39, 0.29) is 17.9 Å². The Morgan fingerprint density at radius 3 is 2.62 bits per heavy atom. The number of carbonyl (C=O) groups is 2. The molecule has 0 spiro atoms. The molecule has 1 atom stereocenters. The molecule has 1 aliphatic heterocycles. The van der Waals surface area contributed by atoms with Crippen LogP contribution in [0.1, 0.15) is 56.7 Å². The first-order valence-corrected chi connectivity index (χ1v) is 7.77. The Balaban J connectivity index is 1.96. The number of likely N-dealkylation sites (tertiary alicyclic amines) is 1. The highest BCUT2D eigenvalue weighted by atomic mass is 16.2. The number of fused-ring (bicyclic) bond motifs is 1. The standard InChI is InChI=1S/C17H22N2O2/c1-3-17(4-2)10-15(20)19(16(17)21)14-8-5-11-9-12(18)6-7-13(11)14/h6-7,9,14H,3-5,8,10,18H2,1-2H3. The van der Waals surface area contributed by atoms with Crippen LogP contribution in [0.5, 0.6) is 0 Å². The number of aryl methyl sites for hydroxylation is 1. The number of imide groups is 1. The molecule has 0 bridgehead atoms. The number of hydrogen-bond donors (Lipinski definition) is 1. The summed E-state index contributed by atoms with van der Waals surface area (Å²) in [5.41, 5.74) is 8.35. The number of hydrogen-bond acceptors (Lipinski definition) is 3. The Hall–Kier alpha value is -1.84. The molecule has 0 aromatic heterocycles. The van der Waals surface area contributed by atoms with Crippen LogP contribution in [0.3, 0.4) is 0 Å². The molecule has 1 heterocycles. The lowest BCUT2D eigenvalue weighted by molar-refractivity contribution is -0.144. The van der Waals surface area contributed by atoms with Crippen LogP contribution in [0.25, 0.3) is 0 Å². The molecule has 1 saturated heterocycles. The van der Waals surface area contributed by atoms with Crippen LogP contribution in [0, 0.1) is 5.41 Å². The van der Waals surface area contributed by atoms with Crippen LogP contribution in [0.2, 0.25) is 0 Å². The maximum atomic E-state index is 12.8. The predicted molar refractivity (Wildman–Crippen MR) is 81.4 cm³/mol. The summed E-state index contributed by atoms with van der Waals surface area (Å²) in [5, 5.41) is 0. The zero-order valence-electron chi connectivity index (χ0n) is 12.7. The van der Waals surface area contributed by atoms with Gasteiger partial charge < -0.3 is 5.73 Å². The minimum atomic E-state index is -0.479. The van der Waals surface area contributed by atoms with Gasteiger partial charge in [0.05, 0.1) is 11.5 Å². The lowest BCUT2D eigenvalue weighted by atomic mass is 9.81. The molecule has 1 aliphatic carbocycles. The molecule has 4 heteroatoms. The van der Waals surface area contributed by atoms with E-state index < -0.39 is 5.41 Å². The van der Waals surface area contributed by atoms with Crippen molar-refractivity contribution in [2.24, 2.45) is 5.41 Å². The number of rotatable bonds is 3. The van der Waals surface area contributed by atoms with Crippen molar-refractivity contribution in [3.05, 3.63) is 29.3 Å². The molecule has 1 unspecified atom stereocenters. The number of nitrogens with zero attached hydrogens (tertiary/aromatic N) is 1. The fourth-order valence-corrected chi connectivity index (χ4v) is 3.82. The van der Waals surface area contributed by atoms with Gasteiger partial charge in [-0.3, -0.25) is 14.5 Å². The van der Waals surface area contributed by atoms with Crippen LogP contribution >= 0.6 is 0 Å². The van der Waals surface area contributed by atoms with E-state index in [1.54, 1.807) is 0 Å². The topological polar surface area (TPSA) is 63.4 Å². The van der Waals surface area contributed by atoms with Gasteiger partial charge in [0.25, 0.3) is 0 Å². The smallest absolute Gasteiger partial charge is 0.236 e. The fourth-order valence-electron chi connectivity index (χ4n) is 3.82. The molecule has 3 rings (SSSR count). The molecule has 1 aromatic rings. The first-order valence-electron chi connectivity index (χ1n) is 7.77. The third-order valence-electron chi connectivity index (χ3n) is 5.31. The summed E-state index contributed by atoms with van der Waals surface area (Å²) in [6, 6.07) is 5.70. The highest BCUT2D eigenvalue weighted by Gasteiger charge is 2.52. The van der Waals surface area contributed by atoms with Crippen molar-refractivity contribution in [2.45, 2.75) is 52.0 Å². The lowest BCUT2D eigenvalue weighted by Gasteiger charge is -2.27. The van der Waals surface area contributed by atoms with E-state index in [9.17, 15) is 9.59 Å². The van der Waals surface area contributed by atoms with Crippen LogP contribution in [0.15, 0.2) is 18.2 Å². The Bertz CT molecular complexity index is 605. The van der Waals surface area contributed by atoms with Crippen molar-refractivity contribution in [3.63, 3.8) is 0 Å². The SMILES string of the molecule is CCC1(CC)CC(=O)N(C2CCc3cc(N)ccc32)C1=O. The second-order valence-electron chi connectivity index (χ2n) is 6.25. The Morgan fingerprint density at radius 2 is 2.00 bits per heavy atom. The summed E-state index contributed by atoms with van der Waals surface area (Å²) >= 11 is 0. The maximum absolute atomic E-state index is 12.8. The van der Waals surface area contributed by atoms with Crippen LogP contribution in [0.4, 0.5) is 5.69 Å². The van der Waals surface area contributed by atoms with E-state index in [1.807, 2.05) is 32.0 Å². The van der Waals surface area contributed by atoms with E-state index in [0.29, 0.717) is 6.42 Å². The van der Waals surface area contributed by atoms with Gasteiger partial charge in [-0.05, 0) is 48.9 Å². The fraction of sp³-hybridized carbons (Fsp3) is 0.529. The third kappa shape index (κ3) is 1.96. The summed E-state index contributed by atoms with van der Waals surface area (Å²) in [6.07, 6.45) is 3.52. The highest BCUT2D eigenvalue weighted by Crippen LogP contribution is 2.46. The average molecular weight is 286 g/mol. The Kier molecular flexibility index (Phi) is 3.27. The maximum Gasteiger partial charge on any atom is 0.236 e. The van der Waals surface area contributed by atoms with Crippen LogP contribution in [-0.4, -0.2) is 16.7 Å². The Morgan fingerprint density at radius 1 is 1.29 bits per heavy atom. The molecule has 21 heavy (non-hydrogen) atoms. The number of amides is 2. The van der Waals surface area contributed by atoms with E-state index in [4.69, 9.17) is 5.73 Å². The van der Waals surface area contributed by atoms with Gasteiger partial charge in [0.2, 0.25) is 11.8 Å². The average Bonchev–Trinajstić information content (AvgIpc) is 2.97. The number of carbonyl (C=O) groups excluding carboxylic acids is 2. The van der Waals surface area contributed by atoms with Gasteiger partial charge in [-0.2, -0.15) is 0 Å². The third-order valence-corrected chi connectivity index (χ3v) is 5.31. The van der Waals surface area contributed by atoms with Crippen molar-refractivity contribution in [2.75, 3.05) is 5.73 Å². The molecule has 4 nitrogen and oxygen atoms in total. The molecule has 1 aromatic carbocycles. The molecule has 2 N–H and O–H groups in total. The van der Waals surface area contributed by atoms with Crippen molar-refractivity contribution < 1.29 is 9.59 Å². The Labute approximate surface area is 125 Å². The molecule has 0 saturated carbocycles. The molecular formula is C17H22N2O2. The molecule has 2 aliphatic rings. The minimum Gasteiger partial charge on any atom is -0.399 e. The zero-order chi connectivity index (χ0) is 15.2. The number of benzene rings is 1. The van der Waals surface area contributed by atoms with Gasteiger partial charge in [-0.15, -0.1) is 0 Å². The van der Waals surface area contributed by atoms with Crippen molar-refractivity contribution in [1.82, 2.24) is 4.90 Å². The van der Waals surface area contributed by atoms with Crippen molar-refractivity contribution >= 4 is 17.5 Å².